The molecule has 1 saturated carbocycles. The predicted molar refractivity (Wildman–Crippen MR) is 67.0 cm³/mol. The van der Waals surface area contributed by atoms with Crippen molar-refractivity contribution in [2.45, 2.75) is 32.3 Å². The number of hydrogen-bond donors (Lipinski definition) is 1. The van der Waals surface area contributed by atoms with Gasteiger partial charge in [-0.1, -0.05) is 11.6 Å². The molecule has 1 fully saturated rings. The van der Waals surface area contributed by atoms with Gasteiger partial charge < -0.3 is 10.5 Å². The van der Waals surface area contributed by atoms with Gasteiger partial charge in [0.15, 0.2) is 0 Å². The van der Waals surface area contributed by atoms with Crippen molar-refractivity contribution in [2.24, 2.45) is 11.7 Å². The van der Waals surface area contributed by atoms with Gasteiger partial charge in [0, 0.05) is 5.02 Å². The lowest BCUT2D eigenvalue weighted by molar-refractivity contribution is 0.204. The number of hydrogen-bond acceptors (Lipinski definition) is 2. The molecule has 2 unspecified atom stereocenters. The van der Waals surface area contributed by atoms with Gasteiger partial charge in [-0.2, -0.15) is 0 Å². The van der Waals surface area contributed by atoms with Gasteiger partial charge in [-0.05, 0) is 62.4 Å². The summed E-state index contributed by atoms with van der Waals surface area (Å²) in [4.78, 5) is 0. The molecule has 1 aromatic rings. The maximum atomic E-state index is 5.97. The standard InChI is InChI=1S/C13H18ClNO/c1-9-6-11(4-5-13(9)14)16-12-3-2-10(7-12)8-15/h4-6,10,12H,2-3,7-8,15H2,1H3. The molecule has 0 aromatic heterocycles. The number of nitrogens with two attached hydrogens (primary N) is 1. The fraction of sp³-hybridized carbons (Fsp3) is 0.538. The Morgan fingerprint density at radius 2 is 2.25 bits per heavy atom. The zero-order chi connectivity index (χ0) is 11.5. The molecule has 0 amide bonds. The first kappa shape index (κ1) is 11.7. The second-order valence-electron chi connectivity index (χ2n) is 4.57. The topological polar surface area (TPSA) is 35.2 Å². The van der Waals surface area contributed by atoms with Crippen molar-refractivity contribution >= 4 is 11.6 Å². The Labute approximate surface area is 102 Å². The number of benzene rings is 1. The van der Waals surface area contributed by atoms with E-state index in [1.807, 2.05) is 25.1 Å². The van der Waals surface area contributed by atoms with E-state index in [0.29, 0.717) is 12.0 Å². The van der Waals surface area contributed by atoms with Gasteiger partial charge in [0.05, 0.1) is 6.10 Å². The number of aryl methyl sites for hydroxylation is 1. The lowest BCUT2D eigenvalue weighted by Gasteiger charge is -2.14. The van der Waals surface area contributed by atoms with Crippen molar-refractivity contribution in [3.05, 3.63) is 28.8 Å². The van der Waals surface area contributed by atoms with Gasteiger partial charge in [0.1, 0.15) is 5.75 Å². The largest absolute Gasteiger partial charge is 0.490 e. The van der Waals surface area contributed by atoms with Crippen molar-refractivity contribution < 1.29 is 4.74 Å². The predicted octanol–water partition coefficient (Wildman–Crippen LogP) is 3.15. The van der Waals surface area contributed by atoms with Gasteiger partial charge >= 0.3 is 0 Å². The lowest BCUT2D eigenvalue weighted by Crippen LogP contribution is -2.15. The second-order valence-corrected chi connectivity index (χ2v) is 4.97. The van der Waals surface area contributed by atoms with Crippen molar-refractivity contribution in [2.75, 3.05) is 6.54 Å². The molecule has 2 atom stereocenters. The zero-order valence-corrected chi connectivity index (χ0v) is 10.3. The van der Waals surface area contributed by atoms with Crippen LogP contribution in [0.25, 0.3) is 0 Å². The minimum absolute atomic E-state index is 0.328. The van der Waals surface area contributed by atoms with E-state index in [1.54, 1.807) is 0 Å². The summed E-state index contributed by atoms with van der Waals surface area (Å²) in [5.74, 6) is 1.56. The fourth-order valence-corrected chi connectivity index (χ4v) is 2.35. The van der Waals surface area contributed by atoms with Crippen LogP contribution in [0.2, 0.25) is 5.02 Å². The third-order valence-electron chi connectivity index (χ3n) is 3.26. The average molecular weight is 240 g/mol. The molecule has 2 rings (SSSR count). The van der Waals surface area contributed by atoms with Crippen molar-refractivity contribution in [1.29, 1.82) is 0 Å². The van der Waals surface area contributed by atoms with Crippen molar-refractivity contribution in [3.8, 4) is 5.75 Å². The molecular formula is C13H18ClNO. The number of halogens is 1. The maximum absolute atomic E-state index is 5.97. The Hall–Kier alpha value is -0.730. The normalized spacial score (nSPS) is 24.7. The Balaban J connectivity index is 1.97. The van der Waals surface area contributed by atoms with Crippen molar-refractivity contribution in [3.63, 3.8) is 0 Å². The highest BCUT2D eigenvalue weighted by Gasteiger charge is 2.24. The van der Waals surface area contributed by atoms with E-state index in [1.165, 1.54) is 6.42 Å². The molecule has 0 bridgehead atoms. The van der Waals surface area contributed by atoms with E-state index < -0.39 is 0 Å². The van der Waals surface area contributed by atoms with Crippen LogP contribution >= 0.6 is 11.6 Å². The molecule has 0 heterocycles. The van der Waals surface area contributed by atoms with Crippen LogP contribution in [0.1, 0.15) is 24.8 Å². The summed E-state index contributed by atoms with van der Waals surface area (Å²) < 4.78 is 5.93. The molecule has 1 aliphatic rings. The van der Waals surface area contributed by atoms with Crippen LogP contribution < -0.4 is 10.5 Å². The van der Waals surface area contributed by atoms with Gasteiger partial charge in [0.25, 0.3) is 0 Å². The van der Waals surface area contributed by atoms with Crippen LogP contribution in [0, 0.1) is 12.8 Å². The monoisotopic (exact) mass is 239 g/mol. The summed E-state index contributed by atoms with van der Waals surface area (Å²) in [6, 6.07) is 5.82. The minimum Gasteiger partial charge on any atom is -0.490 e. The fourth-order valence-electron chi connectivity index (χ4n) is 2.23. The van der Waals surface area contributed by atoms with Gasteiger partial charge in [0.2, 0.25) is 0 Å². The van der Waals surface area contributed by atoms with E-state index in [4.69, 9.17) is 22.1 Å². The third kappa shape index (κ3) is 2.69. The molecule has 1 aromatic carbocycles. The molecule has 2 nitrogen and oxygen atoms in total. The van der Waals surface area contributed by atoms with E-state index in [-0.39, 0.29) is 0 Å². The third-order valence-corrected chi connectivity index (χ3v) is 3.68. The van der Waals surface area contributed by atoms with Crippen LogP contribution in [0.4, 0.5) is 0 Å². The molecule has 88 valence electrons. The van der Waals surface area contributed by atoms with E-state index >= 15 is 0 Å². The van der Waals surface area contributed by atoms with Gasteiger partial charge in [-0.25, -0.2) is 0 Å². The Kier molecular flexibility index (Phi) is 3.72. The van der Waals surface area contributed by atoms with Crippen LogP contribution in [0.15, 0.2) is 18.2 Å². The highest BCUT2D eigenvalue weighted by molar-refractivity contribution is 6.31. The highest BCUT2D eigenvalue weighted by Crippen LogP contribution is 2.29. The molecular weight excluding hydrogens is 222 g/mol. The number of ether oxygens (including phenoxy) is 1. The van der Waals surface area contributed by atoms with Gasteiger partial charge in [-0.15, -0.1) is 0 Å². The SMILES string of the molecule is Cc1cc(OC2CCC(CN)C2)ccc1Cl. The van der Waals surface area contributed by atoms with E-state index in [9.17, 15) is 0 Å². The second kappa shape index (κ2) is 5.07. The summed E-state index contributed by atoms with van der Waals surface area (Å²) >= 11 is 5.97. The minimum atomic E-state index is 0.328. The van der Waals surface area contributed by atoms with Crippen LogP contribution in [0.5, 0.6) is 5.75 Å². The van der Waals surface area contributed by atoms with Crippen molar-refractivity contribution in [1.82, 2.24) is 0 Å². The first-order valence-corrected chi connectivity index (χ1v) is 6.19. The summed E-state index contributed by atoms with van der Waals surface area (Å²) in [5.41, 5.74) is 6.72. The van der Waals surface area contributed by atoms with Crippen LogP contribution in [-0.4, -0.2) is 12.6 Å². The van der Waals surface area contributed by atoms with Crippen LogP contribution in [-0.2, 0) is 0 Å². The van der Waals surface area contributed by atoms with E-state index in [0.717, 1.165) is 35.7 Å². The highest BCUT2D eigenvalue weighted by atomic mass is 35.5. The molecule has 1 aliphatic carbocycles. The quantitative estimate of drug-likeness (QED) is 0.880. The lowest BCUT2D eigenvalue weighted by atomic mass is 10.1. The Bertz CT molecular complexity index is 367. The first-order chi connectivity index (χ1) is 7.69. The summed E-state index contributed by atoms with van der Waals surface area (Å²) in [6.07, 6.45) is 3.71. The molecule has 0 spiro atoms. The molecule has 0 radical (unpaired) electrons. The first-order valence-electron chi connectivity index (χ1n) is 5.82. The number of rotatable bonds is 3. The molecule has 0 aliphatic heterocycles. The molecule has 2 N–H and O–H groups in total. The molecule has 0 saturated heterocycles. The Morgan fingerprint density at radius 3 is 2.88 bits per heavy atom. The van der Waals surface area contributed by atoms with E-state index in [2.05, 4.69) is 0 Å². The zero-order valence-electron chi connectivity index (χ0n) is 9.58. The summed E-state index contributed by atoms with van der Waals surface area (Å²) in [5, 5.41) is 0.790. The Morgan fingerprint density at radius 1 is 1.44 bits per heavy atom. The summed E-state index contributed by atoms with van der Waals surface area (Å²) in [6.45, 7) is 2.77. The maximum Gasteiger partial charge on any atom is 0.120 e. The van der Waals surface area contributed by atoms with Crippen LogP contribution in [0.3, 0.4) is 0 Å². The molecule has 16 heavy (non-hydrogen) atoms. The van der Waals surface area contributed by atoms with Gasteiger partial charge in [-0.3, -0.25) is 0 Å². The molecule has 3 heteroatoms. The smallest absolute Gasteiger partial charge is 0.120 e. The average Bonchev–Trinajstić information content (AvgIpc) is 2.71. The summed E-state index contributed by atoms with van der Waals surface area (Å²) in [7, 11) is 0.